The number of fused-ring (bicyclic) bond motifs is 1. The second kappa shape index (κ2) is 8.26. The number of amides is 1. The molecule has 1 N–H and O–H groups in total. The fraction of sp³-hybridized carbons (Fsp3) is 0.250. The molecule has 0 radical (unpaired) electrons. The molecule has 1 aliphatic heterocycles. The van der Waals surface area contributed by atoms with Crippen molar-refractivity contribution in [2.24, 2.45) is 0 Å². The fourth-order valence-corrected chi connectivity index (χ4v) is 3.43. The Morgan fingerprint density at radius 3 is 2.78 bits per heavy atom. The van der Waals surface area contributed by atoms with Gasteiger partial charge in [0.1, 0.15) is 5.75 Å². The summed E-state index contributed by atoms with van der Waals surface area (Å²) in [4.78, 5) is 36.5. The van der Waals surface area contributed by atoms with Crippen LogP contribution in [0.2, 0.25) is 0 Å². The van der Waals surface area contributed by atoms with Crippen molar-refractivity contribution in [1.29, 1.82) is 0 Å². The van der Waals surface area contributed by atoms with Gasteiger partial charge in [0.15, 0.2) is 19.0 Å². The van der Waals surface area contributed by atoms with E-state index in [0.717, 1.165) is 16.0 Å². The summed E-state index contributed by atoms with van der Waals surface area (Å²) in [6, 6.07) is 10.7. The smallest absolute Gasteiger partial charge is 0.316 e. The van der Waals surface area contributed by atoms with Gasteiger partial charge in [-0.15, -0.1) is 11.8 Å². The first-order valence-corrected chi connectivity index (χ1v) is 9.36. The van der Waals surface area contributed by atoms with Gasteiger partial charge in [0.05, 0.1) is 11.4 Å². The molecule has 27 heavy (non-hydrogen) atoms. The van der Waals surface area contributed by atoms with Crippen molar-refractivity contribution in [3.05, 3.63) is 53.1 Å². The third kappa shape index (κ3) is 4.89. The summed E-state index contributed by atoms with van der Waals surface area (Å²) in [5.41, 5.74) is 3.04. The van der Waals surface area contributed by atoms with Crippen LogP contribution in [0.3, 0.4) is 0 Å². The van der Waals surface area contributed by atoms with Gasteiger partial charge in [0, 0.05) is 10.5 Å². The van der Waals surface area contributed by atoms with Crippen molar-refractivity contribution < 1.29 is 23.9 Å². The minimum atomic E-state index is -0.456. The maximum absolute atomic E-state index is 12.2. The molecule has 0 fully saturated rings. The molecule has 1 aliphatic rings. The number of Topliss-reactive ketones (excluding diaryl/α,β-unsaturated/α-hetero) is 1. The van der Waals surface area contributed by atoms with Crippen LogP contribution in [0.1, 0.15) is 21.5 Å². The van der Waals surface area contributed by atoms with Crippen LogP contribution in [0, 0.1) is 13.8 Å². The highest BCUT2D eigenvalue weighted by molar-refractivity contribution is 8.00. The van der Waals surface area contributed by atoms with E-state index in [1.165, 1.54) is 17.8 Å². The van der Waals surface area contributed by atoms with Crippen molar-refractivity contribution in [3.8, 4) is 5.75 Å². The predicted octanol–water partition coefficient (Wildman–Crippen LogP) is 3.15. The molecule has 0 aromatic heterocycles. The number of rotatable bonds is 6. The zero-order valence-electron chi connectivity index (χ0n) is 15.0. The SMILES string of the molecule is Cc1ccc(SCC(=O)OCC(=O)c2ccc3c(c2)NC(=O)CO3)c(C)c1. The summed E-state index contributed by atoms with van der Waals surface area (Å²) < 4.78 is 10.3. The van der Waals surface area contributed by atoms with Gasteiger partial charge in [-0.2, -0.15) is 0 Å². The molecule has 140 valence electrons. The van der Waals surface area contributed by atoms with E-state index >= 15 is 0 Å². The lowest BCUT2D eigenvalue weighted by Crippen LogP contribution is -2.25. The van der Waals surface area contributed by atoms with E-state index in [-0.39, 0.29) is 30.7 Å². The molecule has 0 aliphatic carbocycles. The lowest BCUT2D eigenvalue weighted by atomic mass is 10.1. The molecule has 1 amide bonds. The molecule has 7 heteroatoms. The van der Waals surface area contributed by atoms with Crippen molar-refractivity contribution >= 4 is 35.1 Å². The molecular weight excluding hydrogens is 366 g/mol. The van der Waals surface area contributed by atoms with Gasteiger partial charge in [0.25, 0.3) is 5.91 Å². The van der Waals surface area contributed by atoms with Crippen LogP contribution >= 0.6 is 11.8 Å². The van der Waals surface area contributed by atoms with Crippen LogP contribution < -0.4 is 10.1 Å². The molecule has 1 heterocycles. The molecule has 6 nitrogen and oxygen atoms in total. The Morgan fingerprint density at radius 1 is 1.19 bits per heavy atom. The van der Waals surface area contributed by atoms with Crippen molar-refractivity contribution in [1.82, 2.24) is 0 Å². The monoisotopic (exact) mass is 385 g/mol. The zero-order valence-corrected chi connectivity index (χ0v) is 15.9. The third-order valence-electron chi connectivity index (χ3n) is 3.97. The highest BCUT2D eigenvalue weighted by Gasteiger charge is 2.18. The second-order valence-corrected chi connectivity index (χ2v) is 7.21. The average Bonchev–Trinajstić information content (AvgIpc) is 2.64. The lowest BCUT2D eigenvalue weighted by Gasteiger charge is -2.18. The first-order valence-electron chi connectivity index (χ1n) is 8.38. The van der Waals surface area contributed by atoms with E-state index < -0.39 is 5.97 Å². The van der Waals surface area contributed by atoms with Gasteiger partial charge in [0.2, 0.25) is 0 Å². The highest BCUT2D eigenvalue weighted by atomic mass is 32.2. The van der Waals surface area contributed by atoms with E-state index in [0.29, 0.717) is 17.0 Å². The van der Waals surface area contributed by atoms with Crippen molar-refractivity contribution in [3.63, 3.8) is 0 Å². The van der Waals surface area contributed by atoms with Crippen LogP contribution in [0.25, 0.3) is 0 Å². The lowest BCUT2D eigenvalue weighted by molar-refractivity contribution is -0.139. The number of anilines is 1. The molecule has 0 unspecified atom stereocenters. The first-order chi connectivity index (χ1) is 12.9. The predicted molar refractivity (Wildman–Crippen MR) is 102 cm³/mol. The Balaban J connectivity index is 1.52. The minimum absolute atomic E-state index is 0.0456. The van der Waals surface area contributed by atoms with E-state index in [2.05, 4.69) is 11.4 Å². The number of carbonyl (C=O) groups excluding carboxylic acids is 3. The molecule has 0 bridgehead atoms. The van der Waals surface area contributed by atoms with Crippen molar-refractivity contribution in [2.45, 2.75) is 18.7 Å². The van der Waals surface area contributed by atoms with Gasteiger partial charge in [-0.1, -0.05) is 17.7 Å². The van der Waals surface area contributed by atoms with Gasteiger partial charge < -0.3 is 14.8 Å². The summed E-state index contributed by atoms with van der Waals surface area (Å²) in [5, 5.41) is 2.64. The molecule has 0 saturated heterocycles. The Morgan fingerprint density at radius 2 is 2.00 bits per heavy atom. The standard InChI is InChI=1S/C20H19NO5S/c1-12-3-6-18(13(2)7-12)27-11-20(24)26-9-16(22)14-4-5-17-15(8-14)21-19(23)10-25-17/h3-8H,9-11H2,1-2H3,(H,21,23). The Bertz CT molecular complexity index is 909. The summed E-state index contributed by atoms with van der Waals surface area (Å²) in [6.45, 7) is 3.61. The summed E-state index contributed by atoms with van der Waals surface area (Å²) in [5.74, 6) is -0.439. The number of thioether (sulfide) groups is 1. The molecule has 0 spiro atoms. The van der Waals surface area contributed by atoms with E-state index in [4.69, 9.17) is 9.47 Å². The maximum atomic E-state index is 12.2. The maximum Gasteiger partial charge on any atom is 0.316 e. The Hall–Kier alpha value is -2.80. The minimum Gasteiger partial charge on any atom is -0.482 e. The molecule has 3 rings (SSSR count). The molecule has 0 saturated carbocycles. The molecular formula is C20H19NO5S. The number of esters is 1. The number of nitrogens with one attached hydrogen (secondary N) is 1. The molecule has 2 aromatic rings. The van der Waals surface area contributed by atoms with Crippen molar-refractivity contribution in [2.75, 3.05) is 24.3 Å². The summed E-state index contributed by atoms with van der Waals surface area (Å²) in [7, 11) is 0. The zero-order chi connectivity index (χ0) is 19.4. The average molecular weight is 385 g/mol. The van der Waals surface area contributed by atoms with Crippen LogP contribution in [-0.2, 0) is 14.3 Å². The van der Waals surface area contributed by atoms with Crippen LogP contribution in [-0.4, -0.2) is 36.6 Å². The molecule has 2 aromatic carbocycles. The number of carbonyl (C=O) groups is 3. The van der Waals surface area contributed by atoms with E-state index in [1.54, 1.807) is 12.1 Å². The topological polar surface area (TPSA) is 81.7 Å². The number of hydrogen-bond acceptors (Lipinski definition) is 6. The van der Waals surface area contributed by atoms with E-state index in [1.807, 2.05) is 26.0 Å². The van der Waals surface area contributed by atoms with E-state index in [9.17, 15) is 14.4 Å². The van der Waals surface area contributed by atoms with Crippen LogP contribution in [0.15, 0.2) is 41.3 Å². The summed E-state index contributed by atoms with van der Waals surface area (Å²) in [6.07, 6.45) is 0. The number of ketones is 1. The largest absolute Gasteiger partial charge is 0.482 e. The molecule has 0 atom stereocenters. The van der Waals surface area contributed by atoms with Gasteiger partial charge in [-0.05, 0) is 43.7 Å². The Labute approximate surface area is 161 Å². The number of ether oxygens (including phenoxy) is 2. The first kappa shape index (κ1) is 19.0. The number of aryl methyl sites for hydroxylation is 2. The van der Waals surface area contributed by atoms with Crippen LogP contribution in [0.5, 0.6) is 5.75 Å². The second-order valence-electron chi connectivity index (χ2n) is 6.19. The van der Waals surface area contributed by atoms with Gasteiger partial charge in [-0.3, -0.25) is 14.4 Å². The van der Waals surface area contributed by atoms with Gasteiger partial charge >= 0.3 is 5.97 Å². The fourth-order valence-electron chi connectivity index (χ4n) is 2.63. The Kier molecular flexibility index (Phi) is 5.81. The van der Waals surface area contributed by atoms with Gasteiger partial charge in [-0.25, -0.2) is 0 Å². The normalized spacial score (nSPS) is 12.6. The quantitative estimate of drug-likeness (QED) is 0.467. The number of benzene rings is 2. The third-order valence-corrected chi connectivity index (χ3v) is 5.12. The van der Waals surface area contributed by atoms with Crippen LogP contribution in [0.4, 0.5) is 5.69 Å². The number of hydrogen-bond donors (Lipinski definition) is 1. The summed E-state index contributed by atoms with van der Waals surface area (Å²) >= 11 is 1.38. The highest BCUT2D eigenvalue weighted by Crippen LogP contribution is 2.28.